The van der Waals surface area contributed by atoms with E-state index in [0.29, 0.717) is 23.8 Å². The number of amides is 2. The van der Waals surface area contributed by atoms with Crippen LogP contribution >= 0.6 is 15.9 Å². The highest BCUT2D eigenvalue weighted by Gasteiger charge is 2.10. The van der Waals surface area contributed by atoms with Crippen molar-refractivity contribution < 1.29 is 14.3 Å². The summed E-state index contributed by atoms with van der Waals surface area (Å²) >= 11 is 3.43. The van der Waals surface area contributed by atoms with Crippen molar-refractivity contribution in [1.82, 2.24) is 5.43 Å². The summed E-state index contributed by atoms with van der Waals surface area (Å²) in [7, 11) is 1.58. The highest BCUT2D eigenvalue weighted by atomic mass is 79.9. The van der Waals surface area contributed by atoms with Crippen LogP contribution in [0.25, 0.3) is 0 Å². The van der Waals surface area contributed by atoms with Gasteiger partial charge in [-0.3, -0.25) is 0 Å². The Morgan fingerprint density at radius 1 is 1.29 bits per heavy atom. The normalized spacial score (nSPS) is 10.5. The van der Waals surface area contributed by atoms with Crippen LogP contribution in [0.15, 0.2) is 52.0 Å². The summed E-state index contributed by atoms with van der Waals surface area (Å²) < 4.78 is 11.6. The summed E-state index contributed by atoms with van der Waals surface area (Å²) in [5.41, 5.74) is 3.86. The monoisotopic (exact) mass is 391 g/mol. The molecule has 7 heteroatoms. The first-order valence-electron chi connectivity index (χ1n) is 7.29. The summed E-state index contributed by atoms with van der Waals surface area (Å²) in [6, 6.07) is 12.3. The molecule has 0 aromatic heterocycles. The minimum Gasteiger partial charge on any atom is -0.492 e. The van der Waals surface area contributed by atoms with Crippen molar-refractivity contribution in [2.24, 2.45) is 5.10 Å². The average Bonchev–Trinajstić information content (AvgIpc) is 2.56. The number of para-hydroxylation sites is 1. The van der Waals surface area contributed by atoms with E-state index >= 15 is 0 Å². The zero-order valence-corrected chi connectivity index (χ0v) is 15.0. The van der Waals surface area contributed by atoms with Gasteiger partial charge < -0.3 is 14.8 Å². The quantitative estimate of drug-likeness (QED) is 0.576. The molecule has 0 saturated carbocycles. The number of hydrogen-bond donors (Lipinski definition) is 2. The third-order valence-electron chi connectivity index (χ3n) is 2.95. The van der Waals surface area contributed by atoms with E-state index < -0.39 is 6.03 Å². The molecule has 0 aliphatic rings. The number of halogens is 1. The molecule has 2 N–H and O–H groups in total. The SMILES string of the molecule is CCOc1cc(/C=N/NC(=O)Nc2ccccc2)cc(Br)c1OC. The van der Waals surface area contributed by atoms with Gasteiger partial charge in [0.25, 0.3) is 0 Å². The lowest BCUT2D eigenvalue weighted by Crippen LogP contribution is -2.24. The zero-order valence-electron chi connectivity index (χ0n) is 13.4. The first-order chi connectivity index (χ1) is 11.6. The number of anilines is 1. The first-order valence-corrected chi connectivity index (χ1v) is 8.08. The van der Waals surface area contributed by atoms with Crippen LogP contribution < -0.4 is 20.2 Å². The van der Waals surface area contributed by atoms with Crippen LogP contribution in [0.5, 0.6) is 11.5 Å². The predicted octanol–water partition coefficient (Wildman–Crippen LogP) is 4.01. The molecule has 24 heavy (non-hydrogen) atoms. The van der Waals surface area contributed by atoms with Gasteiger partial charge in [0.15, 0.2) is 11.5 Å². The minimum absolute atomic E-state index is 0.421. The van der Waals surface area contributed by atoms with E-state index in [9.17, 15) is 4.79 Å². The van der Waals surface area contributed by atoms with Crippen molar-refractivity contribution in [3.63, 3.8) is 0 Å². The average molecular weight is 392 g/mol. The van der Waals surface area contributed by atoms with Gasteiger partial charge in [0, 0.05) is 5.69 Å². The van der Waals surface area contributed by atoms with E-state index in [0.717, 1.165) is 10.0 Å². The maximum Gasteiger partial charge on any atom is 0.339 e. The Kier molecular flexibility index (Phi) is 6.62. The lowest BCUT2D eigenvalue weighted by molar-refractivity contribution is 0.252. The van der Waals surface area contributed by atoms with E-state index in [2.05, 4.69) is 31.8 Å². The van der Waals surface area contributed by atoms with Gasteiger partial charge in [-0.05, 0) is 52.7 Å². The molecule has 0 aliphatic heterocycles. The number of carbonyl (C=O) groups is 1. The lowest BCUT2D eigenvalue weighted by atomic mass is 10.2. The fourth-order valence-electron chi connectivity index (χ4n) is 1.97. The molecule has 0 bridgehead atoms. The van der Waals surface area contributed by atoms with Crippen LogP contribution in [-0.2, 0) is 0 Å². The number of hydrogen-bond acceptors (Lipinski definition) is 4. The van der Waals surface area contributed by atoms with E-state index in [1.807, 2.05) is 31.2 Å². The zero-order chi connectivity index (χ0) is 17.4. The van der Waals surface area contributed by atoms with Gasteiger partial charge in [0.1, 0.15) is 0 Å². The Hall–Kier alpha value is -2.54. The van der Waals surface area contributed by atoms with Gasteiger partial charge in [-0.2, -0.15) is 5.10 Å². The summed E-state index contributed by atoms with van der Waals surface area (Å²) in [4.78, 5) is 11.7. The number of ether oxygens (including phenoxy) is 2. The van der Waals surface area contributed by atoms with E-state index in [-0.39, 0.29) is 0 Å². The van der Waals surface area contributed by atoms with Crippen LogP contribution in [0, 0.1) is 0 Å². The lowest BCUT2D eigenvalue weighted by Gasteiger charge is -2.11. The van der Waals surface area contributed by atoms with Gasteiger partial charge >= 0.3 is 6.03 Å². The number of methoxy groups -OCH3 is 1. The molecule has 0 aliphatic carbocycles. The van der Waals surface area contributed by atoms with Crippen molar-refractivity contribution in [1.29, 1.82) is 0 Å². The molecule has 6 nitrogen and oxygen atoms in total. The maximum absolute atomic E-state index is 11.7. The maximum atomic E-state index is 11.7. The Morgan fingerprint density at radius 3 is 2.71 bits per heavy atom. The molecule has 0 unspecified atom stereocenters. The van der Waals surface area contributed by atoms with Gasteiger partial charge in [0.2, 0.25) is 0 Å². The van der Waals surface area contributed by atoms with Crippen LogP contribution in [0.2, 0.25) is 0 Å². The number of nitrogens with zero attached hydrogens (tertiary/aromatic N) is 1. The second-order valence-corrected chi connectivity index (χ2v) is 5.51. The molecule has 0 saturated heterocycles. The molecular weight excluding hydrogens is 374 g/mol. The van der Waals surface area contributed by atoms with Crippen molar-refractivity contribution in [2.75, 3.05) is 19.0 Å². The number of hydrazone groups is 1. The number of carbonyl (C=O) groups excluding carboxylic acids is 1. The Bertz CT molecular complexity index is 721. The van der Waals surface area contributed by atoms with Gasteiger partial charge in [-0.15, -0.1) is 0 Å². The fraction of sp³-hybridized carbons (Fsp3) is 0.176. The standard InChI is InChI=1S/C17H18BrN3O3/c1-3-24-15-10-12(9-14(18)16(15)23-2)11-19-21-17(22)20-13-7-5-4-6-8-13/h4-11H,3H2,1-2H3,(H2,20,21,22)/b19-11+. The van der Waals surface area contributed by atoms with Crippen molar-refractivity contribution >= 4 is 33.9 Å². The molecule has 0 fully saturated rings. The Labute approximate surface area is 149 Å². The third kappa shape index (κ3) is 4.99. The van der Waals surface area contributed by atoms with Crippen LogP contribution in [0.1, 0.15) is 12.5 Å². The largest absolute Gasteiger partial charge is 0.492 e. The molecule has 2 aromatic carbocycles. The smallest absolute Gasteiger partial charge is 0.339 e. The number of benzene rings is 2. The van der Waals surface area contributed by atoms with E-state index in [4.69, 9.17) is 9.47 Å². The van der Waals surface area contributed by atoms with Crippen LogP contribution in [0.4, 0.5) is 10.5 Å². The van der Waals surface area contributed by atoms with E-state index in [1.54, 1.807) is 25.3 Å². The Balaban J connectivity index is 2.02. The molecule has 0 radical (unpaired) electrons. The third-order valence-corrected chi connectivity index (χ3v) is 3.54. The van der Waals surface area contributed by atoms with Gasteiger partial charge in [-0.1, -0.05) is 18.2 Å². The van der Waals surface area contributed by atoms with Gasteiger partial charge in [-0.25, -0.2) is 10.2 Å². The summed E-state index contributed by atoms with van der Waals surface area (Å²) in [5.74, 6) is 1.22. The number of nitrogens with one attached hydrogen (secondary N) is 2. The van der Waals surface area contributed by atoms with Crippen molar-refractivity contribution in [3.05, 3.63) is 52.5 Å². The molecular formula is C17H18BrN3O3. The topological polar surface area (TPSA) is 72.0 Å². The highest BCUT2D eigenvalue weighted by molar-refractivity contribution is 9.10. The molecule has 126 valence electrons. The van der Waals surface area contributed by atoms with Crippen LogP contribution in [-0.4, -0.2) is 26.0 Å². The van der Waals surface area contributed by atoms with E-state index in [1.165, 1.54) is 6.21 Å². The molecule has 2 rings (SSSR count). The van der Waals surface area contributed by atoms with Crippen molar-refractivity contribution in [2.45, 2.75) is 6.92 Å². The molecule has 0 spiro atoms. The molecule has 2 amide bonds. The molecule has 0 atom stereocenters. The predicted molar refractivity (Wildman–Crippen MR) is 98.1 cm³/mol. The fourth-order valence-corrected chi connectivity index (χ4v) is 2.59. The first kappa shape index (κ1) is 17.8. The second-order valence-electron chi connectivity index (χ2n) is 4.66. The van der Waals surface area contributed by atoms with Gasteiger partial charge in [0.05, 0.1) is 24.4 Å². The Morgan fingerprint density at radius 2 is 2.04 bits per heavy atom. The summed E-state index contributed by atoms with van der Waals surface area (Å²) in [6.07, 6.45) is 1.53. The van der Waals surface area contributed by atoms with Crippen LogP contribution in [0.3, 0.4) is 0 Å². The summed E-state index contributed by atoms with van der Waals surface area (Å²) in [5, 5.41) is 6.60. The minimum atomic E-state index is -0.421. The summed E-state index contributed by atoms with van der Waals surface area (Å²) in [6.45, 7) is 2.41. The number of urea groups is 1. The molecule has 2 aromatic rings. The highest BCUT2D eigenvalue weighted by Crippen LogP contribution is 2.36. The second kappa shape index (κ2) is 8.93. The number of rotatable bonds is 6. The van der Waals surface area contributed by atoms with Crippen molar-refractivity contribution in [3.8, 4) is 11.5 Å². The molecule has 0 heterocycles.